The zero-order chi connectivity index (χ0) is 16.2. The fourth-order valence-electron chi connectivity index (χ4n) is 2.81. The Balaban J connectivity index is 2.04. The van der Waals surface area contributed by atoms with Crippen molar-refractivity contribution in [2.45, 2.75) is 33.1 Å². The van der Waals surface area contributed by atoms with Crippen LogP contribution in [-0.4, -0.2) is 30.3 Å². The number of ketones is 1. The van der Waals surface area contributed by atoms with E-state index in [9.17, 15) is 4.79 Å². The monoisotopic (exact) mass is 339 g/mol. The molecule has 1 heterocycles. The SMILES string of the molecule is CC(C)(CN1CCCCC1)C(=O)/C=C/c1c(Cl)cccc1Cl. The highest BCUT2D eigenvalue weighted by Gasteiger charge is 2.28. The van der Waals surface area contributed by atoms with E-state index < -0.39 is 5.41 Å². The number of rotatable bonds is 5. The average Bonchev–Trinajstić information content (AvgIpc) is 2.47. The summed E-state index contributed by atoms with van der Waals surface area (Å²) in [6, 6.07) is 5.34. The zero-order valence-electron chi connectivity index (χ0n) is 13.2. The molecule has 0 atom stereocenters. The summed E-state index contributed by atoms with van der Waals surface area (Å²) in [5.74, 6) is 0.106. The van der Waals surface area contributed by atoms with Crippen LogP contribution in [0, 0.1) is 5.41 Å². The maximum Gasteiger partial charge on any atom is 0.162 e. The summed E-state index contributed by atoms with van der Waals surface area (Å²) in [6.45, 7) is 6.99. The maximum absolute atomic E-state index is 12.5. The second kappa shape index (κ2) is 7.63. The van der Waals surface area contributed by atoms with Crippen molar-refractivity contribution in [1.82, 2.24) is 4.90 Å². The molecule has 1 fully saturated rings. The Bertz CT molecular complexity index is 540. The summed E-state index contributed by atoms with van der Waals surface area (Å²) in [7, 11) is 0. The number of allylic oxidation sites excluding steroid dienone is 1. The van der Waals surface area contributed by atoms with E-state index in [1.54, 1.807) is 30.4 Å². The predicted octanol–water partition coefficient (Wildman–Crippen LogP) is 5.09. The molecule has 0 amide bonds. The number of benzene rings is 1. The Morgan fingerprint density at radius 3 is 2.36 bits per heavy atom. The van der Waals surface area contributed by atoms with Crippen LogP contribution >= 0.6 is 23.2 Å². The molecule has 0 saturated carbocycles. The molecule has 0 aromatic heterocycles. The highest BCUT2D eigenvalue weighted by atomic mass is 35.5. The van der Waals surface area contributed by atoms with Gasteiger partial charge in [-0.15, -0.1) is 0 Å². The van der Waals surface area contributed by atoms with Crippen LogP contribution in [0.3, 0.4) is 0 Å². The van der Waals surface area contributed by atoms with Crippen LogP contribution < -0.4 is 0 Å². The van der Waals surface area contributed by atoms with Gasteiger partial charge in [0.1, 0.15) is 0 Å². The molecule has 1 saturated heterocycles. The van der Waals surface area contributed by atoms with E-state index in [4.69, 9.17) is 23.2 Å². The number of halogens is 2. The molecule has 4 heteroatoms. The number of nitrogens with zero attached hydrogens (tertiary/aromatic N) is 1. The van der Waals surface area contributed by atoms with Gasteiger partial charge < -0.3 is 4.90 Å². The van der Waals surface area contributed by atoms with Gasteiger partial charge in [0.2, 0.25) is 0 Å². The van der Waals surface area contributed by atoms with Gasteiger partial charge in [0, 0.05) is 27.6 Å². The third kappa shape index (κ3) is 4.58. The first kappa shape index (κ1) is 17.5. The van der Waals surface area contributed by atoms with Crippen LogP contribution in [0.4, 0.5) is 0 Å². The van der Waals surface area contributed by atoms with E-state index >= 15 is 0 Å². The molecule has 2 nitrogen and oxygen atoms in total. The molecule has 2 rings (SSSR count). The molecular weight excluding hydrogens is 317 g/mol. The van der Waals surface area contributed by atoms with Crippen molar-refractivity contribution in [3.05, 3.63) is 39.9 Å². The van der Waals surface area contributed by atoms with Crippen LogP contribution in [0.15, 0.2) is 24.3 Å². The number of hydrogen-bond donors (Lipinski definition) is 0. The molecule has 0 radical (unpaired) electrons. The van der Waals surface area contributed by atoms with Gasteiger partial charge in [-0.05, 0) is 50.2 Å². The Hall–Kier alpha value is -0.830. The smallest absolute Gasteiger partial charge is 0.162 e. The number of hydrogen-bond acceptors (Lipinski definition) is 2. The normalized spacial score (nSPS) is 17.1. The summed E-state index contributed by atoms with van der Waals surface area (Å²) >= 11 is 12.3. The van der Waals surface area contributed by atoms with Gasteiger partial charge in [0.15, 0.2) is 5.78 Å². The van der Waals surface area contributed by atoms with Crippen LogP contribution in [0.1, 0.15) is 38.7 Å². The molecule has 1 aromatic carbocycles. The first-order valence-corrected chi connectivity index (χ1v) is 8.54. The maximum atomic E-state index is 12.5. The lowest BCUT2D eigenvalue weighted by Crippen LogP contribution is -2.41. The zero-order valence-corrected chi connectivity index (χ0v) is 14.8. The van der Waals surface area contributed by atoms with E-state index in [0.717, 1.165) is 19.6 Å². The standard InChI is InChI=1S/C18H23Cl2NO/c1-18(2,13-21-11-4-3-5-12-21)17(22)10-9-14-15(19)7-6-8-16(14)20/h6-10H,3-5,11-13H2,1-2H3/b10-9+. The first-order valence-electron chi connectivity index (χ1n) is 7.79. The van der Waals surface area contributed by atoms with Crippen molar-refractivity contribution in [3.63, 3.8) is 0 Å². The van der Waals surface area contributed by atoms with E-state index in [-0.39, 0.29) is 5.78 Å². The highest BCUT2D eigenvalue weighted by molar-refractivity contribution is 6.37. The second-order valence-electron chi connectivity index (χ2n) is 6.55. The van der Waals surface area contributed by atoms with E-state index in [1.807, 2.05) is 13.8 Å². The quantitative estimate of drug-likeness (QED) is 0.696. The fraction of sp³-hybridized carbons (Fsp3) is 0.500. The minimum absolute atomic E-state index is 0.106. The van der Waals surface area contributed by atoms with Gasteiger partial charge in [-0.2, -0.15) is 0 Å². The second-order valence-corrected chi connectivity index (χ2v) is 7.37. The summed E-state index contributed by atoms with van der Waals surface area (Å²) in [5.41, 5.74) is 0.301. The lowest BCUT2D eigenvalue weighted by atomic mass is 9.86. The Morgan fingerprint density at radius 1 is 1.18 bits per heavy atom. The summed E-state index contributed by atoms with van der Waals surface area (Å²) in [6.07, 6.45) is 7.10. The molecule has 1 aliphatic rings. The number of piperidine rings is 1. The van der Waals surface area contributed by atoms with Gasteiger partial charge in [-0.1, -0.05) is 49.5 Å². The van der Waals surface area contributed by atoms with Gasteiger partial charge in [0.05, 0.1) is 0 Å². The fourth-order valence-corrected chi connectivity index (χ4v) is 3.33. The molecule has 1 aliphatic heterocycles. The Kier molecular flexibility index (Phi) is 6.08. The molecule has 0 bridgehead atoms. The van der Waals surface area contributed by atoms with Gasteiger partial charge in [-0.3, -0.25) is 4.79 Å². The Labute approximate surface area is 143 Å². The van der Waals surface area contributed by atoms with E-state index in [0.29, 0.717) is 15.6 Å². The van der Waals surface area contributed by atoms with Crippen molar-refractivity contribution < 1.29 is 4.79 Å². The molecule has 0 spiro atoms. The van der Waals surface area contributed by atoms with Gasteiger partial charge in [-0.25, -0.2) is 0 Å². The lowest BCUT2D eigenvalue weighted by Gasteiger charge is -2.33. The van der Waals surface area contributed by atoms with Crippen molar-refractivity contribution in [2.75, 3.05) is 19.6 Å². The van der Waals surface area contributed by atoms with Gasteiger partial charge >= 0.3 is 0 Å². The van der Waals surface area contributed by atoms with E-state index in [2.05, 4.69) is 4.90 Å². The summed E-state index contributed by atoms with van der Waals surface area (Å²) < 4.78 is 0. The van der Waals surface area contributed by atoms with Crippen molar-refractivity contribution in [3.8, 4) is 0 Å². The topological polar surface area (TPSA) is 20.3 Å². The van der Waals surface area contributed by atoms with Crippen LogP contribution in [0.25, 0.3) is 6.08 Å². The third-order valence-electron chi connectivity index (χ3n) is 4.14. The van der Waals surface area contributed by atoms with Crippen LogP contribution in [0.5, 0.6) is 0 Å². The average molecular weight is 340 g/mol. The van der Waals surface area contributed by atoms with Crippen molar-refractivity contribution >= 4 is 35.1 Å². The van der Waals surface area contributed by atoms with Crippen LogP contribution in [-0.2, 0) is 4.79 Å². The van der Waals surface area contributed by atoms with Crippen molar-refractivity contribution in [1.29, 1.82) is 0 Å². The first-order chi connectivity index (χ1) is 10.4. The van der Waals surface area contributed by atoms with E-state index in [1.165, 1.54) is 19.3 Å². The third-order valence-corrected chi connectivity index (χ3v) is 4.79. The van der Waals surface area contributed by atoms with Crippen molar-refractivity contribution in [2.24, 2.45) is 5.41 Å². The van der Waals surface area contributed by atoms with Gasteiger partial charge in [0.25, 0.3) is 0 Å². The lowest BCUT2D eigenvalue weighted by molar-refractivity contribution is -0.123. The minimum Gasteiger partial charge on any atom is -0.302 e. The minimum atomic E-state index is -0.401. The molecule has 120 valence electrons. The number of likely N-dealkylation sites (tertiary alicyclic amines) is 1. The van der Waals surface area contributed by atoms with Crippen LogP contribution in [0.2, 0.25) is 10.0 Å². The highest BCUT2D eigenvalue weighted by Crippen LogP contribution is 2.27. The summed E-state index contributed by atoms with van der Waals surface area (Å²) in [4.78, 5) is 14.9. The molecule has 22 heavy (non-hydrogen) atoms. The summed E-state index contributed by atoms with van der Waals surface area (Å²) in [5, 5.41) is 1.12. The molecular formula is C18H23Cl2NO. The molecule has 0 N–H and O–H groups in total. The molecule has 0 unspecified atom stereocenters. The largest absolute Gasteiger partial charge is 0.302 e. The number of carbonyl (C=O) groups excluding carboxylic acids is 1. The molecule has 0 aliphatic carbocycles. The molecule has 1 aromatic rings. The Morgan fingerprint density at radius 2 is 1.77 bits per heavy atom. The number of carbonyl (C=O) groups is 1. The predicted molar refractivity (Wildman–Crippen MR) is 94.6 cm³/mol.